The maximum atomic E-state index is 12.2. The smallest absolute Gasteiger partial charge is 0.213 e. The van der Waals surface area contributed by atoms with Crippen LogP contribution in [0.1, 0.15) is 53.9 Å². The van der Waals surface area contributed by atoms with Crippen LogP contribution < -0.4 is 15.4 Å². The lowest BCUT2D eigenvalue weighted by Crippen LogP contribution is -2.43. The van der Waals surface area contributed by atoms with Crippen molar-refractivity contribution in [2.75, 3.05) is 45.1 Å². The quantitative estimate of drug-likeness (QED) is 0.324. The molecule has 0 radical (unpaired) electrons. The van der Waals surface area contributed by atoms with Crippen LogP contribution in [0.25, 0.3) is 0 Å². The molecule has 0 aromatic heterocycles. The average molecular weight is 420 g/mol. The summed E-state index contributed by atoms with van der Waals surface area (Å²) in [6.07, 6.45) is 3.08. The molecule has 8 nitrogen and oxygen atoms in total. The Labute approximate surface area is 171 Å². The van der Waals surface area contributed by atoms with Gasteiger partial charge in [-0.05, 0) is 53.9 Å². The molecule has 1 fully saturated rings. The molecule has 1 aliphatic heterocycles. The topological polar surface area (TPSA) is 95.1 Å². The van der Waals surface area contributed by atoms with Crippen LogP contribution in [0.15, 0.2) is 4.99 Å². The summed E-state index contributed by atoms with van der Waals surface area (Å²) in [5.41, 5.74) is 0. The van der Waals surface area contributed by atoms with Gasteiger partial charge in [-0.25, -0.2) is 13.1 Å². The van der Waals surface area contributed by atoms with Gasteiger partial charge in [0, 0.05) is 44.9 Å². The SMILES string of the molecule is CCNC(=NCCN(C(C)C)C(C)C)NCCS(=O)(=O)NCC1CCCCO1. The van der Waals surface area contributed by atoms with Crippen LogP contribution in [0.2, 0.25) is 0 Å². The first-order valence-electron chi connectivity index (χ1n) is 10.6. The summed E-state index contributed by atoms with van der Waals surface area (Å²) in [6, 6.07) is 0.935. The van der Waals surface area contributed by atoms with Gasteiger partial charge in [-0.1, -0.05) is 0 Å². The minimum atomic E-state index is -3.33. The van der Waals surface area contributed by atoms with E-state index in [2.05, 4.69) is 52.9 Å². The maximum absolute atomic E-state index is 12.2. The van der Waals surface area contributed by atoms with Gasteiger partial charge in [0.1, 0.15) is 0 Å². The van der Waals surface area contributed by atoms with Crippen LogP contribution in [-0.2, 0) is 14.8 Å². The third kappa shape index (κ3) is 10.6. The van der Waals surface area contributed by atoms with Crippen LogP contribution in [0.3, 0.4) is 0 Å². The highest BCUT2D eigenvalue weighted by atomic mass is 32.2. The van der Waals surface area contributed by atoms with Gasteiger partial charge in [0.25, 0.3) is 0 Å². The van der Waals surface area contributed by atoms with Crippen molar-refractivity contribution < 1.29 is 13.2 Å². The second-order valence-corrected chi connectivity index (χ2v) is 9.70. The predicted molar refractivity (Wildman–Crippen MR) is 116 cm³/mol. The van der Waals surface area contributed by atoms with E-state index in [1.54, 1.807) is 0 Å². The summed E-state index contributed by atoms with van der Waals surface area (Å²) >= 11 is 0. The van der Waals surface area contributed by atoms with Crippen molar-refractivity contribution in [3.8, 4) is 0 Å². The minimum absolute atomic E-state index is 0.000209. The Balaban J connectivity index is 2.39. The van der Waals surface area contributed by atoms with Crippen molar-refractivity contribution in [1.82, 2.24) is 20.3 Å². The minimum Gasteiger partial charge on any atom is -0.377 e. The molecule has 28 heavy (non-hydrogen) atoms. The molecular weight excluding hydrogens is 378 g/mol. The zero-order chi connectivity index (χ0) is 21.0. The number of aliphatic imine (C=N–C) groups is 1. The van der Waals surface area contributed by atoms with Crippen LogP contribution in [0.4, 0.5) is 0 Å². The highest BCUT2D eigenvalue weighted by molar-refractivity contribution is 7.89. The van der Waals surface area contributed by atoms with Crippen LogP contribution in [0, 0.1) is 0 Å². The molecule has 0 amide bonds. The van der Waals surface area contributed by atoms with E-state index < -0.39 is 10.0 Å². The molecule has 0 aliphatic carbocycles. The normalized spacial score (nSPS) is 18.9. The van der Waals surface area contributed by atoms with E-state index in [1.165, 1.54) is 0 Å². The monoisotopic (exact) mass is 419 g/mol. The van der Waals surface area contributed by atoms with Gasteiger partial charge in [0.2, 0.25) is 10.0 Å². The van der Waals surface area contributed by atoms with E-state index >= 15 is 0 Å². The number of hydrogen-bond donors (Lipinski definition) is 3. The molecule has 0 aromatic rings. The summed E-state index contributed by atoms with van der Waals surface area (Å²) in [6.45, 7) is 14.4. The summed E-state index contributed by atoms with van der Waals surface area (Å²) in [5, 5.41) is 6.29. The van der Waals surface area contributed by atoms with Gasteiger partial charge in [0.15, 0.2) is 5.96 Å². The maximum Gasteiger partial charge on any atom is 0.213 e. The average Bonchev–Trinajstić information content (AvgIpc) is 2.63. The molecule has 1 heterocycles. The van der Waals surface area contributed by atoms with Crippen molar-refractivity contribution >= 4 is 16.0 Å². The van der Waals surface area contributed by atoms with E-state index in [0.717, 1.165) is 39.0 Å². The molecule has 0 bridgehead atoms. The number of rotatable bonds is 12. The highest BCUT2D eigenvalue weighted by Gasteiger charge is 2.17. The molecule has 0 saturated carbocycles. The van der Waals surface area contributed by atoms with Crippen molar-refractivity contribution in [3.05, 3.63) is 0 Å². The number of nitrogens with zero attached hydrogens (tertiary/aromatic N) is 2. The standard InChI is InChI=1S/C19H41N5O3S/c1-6-20-19(21-10-12-24(16(2)3)17(4)5)22-11-14-28(25,26)23-15-18-9-7-8-13-27-18/h16-18,23H,6-15H2,1-5H3,(H2,20,21,22). The molecule has 1 aliphatic rings. The highest BCUT2D eigenvalue weighted by Crippen LogP contribution is 2.11. The number of sulfonamides is 1. The molecule has 3 N–H and O–H groups in total. The molecule has 166 valence electrons. The van der Waals surface area contributed by atoms with Gasteiger partial charge in [-0.3, -0.25) is 9.89 Å². The largest absolute Gasteiger partial charge is 0.377 e. The molecule has 1 saturated heterocycles. The molecule has 9 heteroatoms. The molecule has 1 unspecified atom stereocenters. The Bertz CT molecular complexity index is 538. The zero-order valence-electron chi connectivity index (χ0n) is 18.3. The van der Waals surface area contributed by atoms with Crippen LogP contribution in [-0.4, -0.2) is 82.5 Å². The third-order valence-electron chi connectivity index (χ3n) is 4.77. The van der Waals surface area contributed by atoms with Gasteiger partial charge in [-0.2, -0.15) is 0 Å². The summed E-state index contributed by atoms with van der Waals surface area (Å²) in [5.74, 6) is 0.662. The fraction of sp³-hybridized carbons (Fsp3) is 0.947. The lowest BCUT2D eigenvalue weighted by molar-refractivity contribution is 0.0200. The number of ether oxygens (including phenoxy) is 1. The third-order valence-corrected chi connectivity index (χ3v) is 6.12. The van der Waals surface area contributed by atoms with E-state index in [-0.39, 0.29) is 11.9 Å². The number of hydrogen-bond acceptors (Lipinski definition) is 5. The van der Waals surface area contributed by atoms with Gasteiger partial charge < -0.3 is 15.4 Å². The molecule has 1 atom stereocenters. The molecule has 1 rings (SSSR count). The summed E-state index contributed by atoms with van der Waals surface area (Å²) in [4.78, 5) is 6.96. The van der Waals surface area contributed by atoms with E-state index in [1.807, 2.05) is 6.92 Å². The summed E-state index contributed by atoms with van der Waals surface area (Å²) < 4.78 is 32.6. The second kappa shape index (κ2) is 13.3. The van der Waals surface area contributed by atoms with Gasteiger partial charge in [0.05, 0.1) is 18.4 Å². The van der Waals surface area contributed by atoms with Crippen molar-refractivity contribution in [3.63, 3.8) is 0 Å². The van der Waals surface area contributed by atoms with Crippen molar-refractivity contribution in [2.24, 2.45) is 4.99 Å². The first-order chi connectivity index (χ1) is 13.2. The Kier molecular flexibility index (Phi) is 12.0. The second-order valence-electron chi connectivity index (χ2n) is 7.77. The molecular formula is C19H41N5O3S. The van der Waals surface area contributed by atoms with E-state index in [9.17, 15) is 8.42 Å². The summed E-state index contributed by atoms with van der Waals surface area (Å²) in [7, 11) is -3.33. The Morgan fingerprint density at radius 3 is 2.46 bits per heavy atom. The van der Waals surface area contributed by atoms with Gasteiger partial charge in [-0.15, -0.1) is 0 Å². The van der Waals surface area contributed by atoms with Crippen LogP contribution in [0.5, 0.6) is 0 Å². The first kappa shape index (κ1) is 25.1. The van der Waals surface area contributed by atoms with Crippen molar-refractivity contribution in [2.45, 2.75) is 72.1 Å². The first-order valence-corrected chi connectivity index (χ1v) is 12.3. The van der Waals surface area contributed by atoms with Crippen LogP contribution >= 0.6 is 0 Å². The number of guanidine groups is 1. The fourth-order valence-electron chi connectivity index (χ4n) is 3.30. The number of nitrogens with one attached hydrogen (secondary N) is 3. The zero-order valence-corrected chi connectivity index (χ0v) is 19.1. The molecule has 0 aromatic carbocycles. The Morgan fingerprint density at radius 2 is 1.89 bits per heavy atom. The lowest BCUT2D eigenvalue weighted by Gasteiger charge is -2.29. The Morgan fingerprint density at radius 1 is 1.18 bits per heavy atom. The fourth-order valence-corrected chi connectivity index (χ4v) is 4.25. The predicted octanol–water partition coefficient (Wildman–Crippen LogP) is 1.15. The molecule has 0 spiro atoms. The van der Waals surface area contributed by atoms with E-state index in [4.69, 9.17) is 4.74 Å². The van der Waals surface area contributed by atoms with Crippen molar-refractivity contribution in [1.29, 1.82) is 0 Å². The van der Waals surface area contributed by atoms with E-state index in [0.29, 0.717) is 37.7 Å². The Hall–Kier alpha value is -0.900. The lowest BCUT2D eigenvalue weighted by atomic mass is 10.1. The van der Waals surface area contributed by atoms with Gasteiger partial charge >= 0.3 is 0 Å².